The van der Waals surface area contributed by atoms with Crippen molar-refractivity contribution in [2.75, 3.05) is 34.1 Å². The standard InChI is InChI=1S/C17H33O7P/c1-10-12(3)23-15(16(10)20-6)9-21-25(7,18)24-17-11(2)13(4)22-14(17)8-19-5/h10-17H,8-9H2,1-7H3/t10-,11-,12+,13+,14-,15-,16?,17?,25?/m1/s1. The molecule has 0 saturated carbocycles. The molecule has 3 unspecified atom stereocenters. The van der Waals surface area contributed by atoms with Crippen molar-refractivity contribution < 1.29 is 32.6 Å². The van der Waals surface area contributed by atoms with Gasteiger partial charge in [0.15, 0.2) is 0 Å². The summed E-state index contributed by atoms with van der Waals surface area (Å²) >= 11 is 0. The third-order valence-electron chi connectivity index (χ3n) is 5.42. The fourth-order valence-corrected chi connectivity index (χ4v) is 4.84. The van der Waals surface area contributed by atoms with E-state index in [1.54, 1.807) is 14.2 Å². The molecule has 0 aliphatic carbocycles. The molecule has 8 heteroatoms. The molecule has 9 atom stereocenters. The molecule has 148 valence electrons. The van der Waals surface area contributed by atoms with E-state index in [-0.39, 0.29) is 55.1 Å². The lowest BCUT2D eigenvalue weighted by molar-refractivity contribution is -0.0384. The zero-order valence-corrected chi connectivity index (χ0v) is 17.2. The Bertz CT molecular complexity index is 474. The van der Waals surface area contributed by atoms with Crippen molar-refractivity contribution in [1.29, 1.82) is 0 Å². The Balaban J connectivity index is 1.94. The van der Waals surface area contributed by atoms with Crippen LogP contribution in [-0.4, -0.2) is 70.7 Å². The molecule has 0 spiro atoms. The molecule has 2 saturated heterocycles. The predicted octanol–water partition coefficient (Wildman–Crippen LogP) is 2.72. The van der Waals surface area contributed by atoms with Crippen LogP contribution in [0.15, 0.2) is 0 Å². The van der Waals surface area contributed by atoms with Gasteiger partial charge in [-0.15, -0.1) is 0 Å². The molecule has 0 radical (unpaired) electrons. The van der Waals surface area contributed by atoms with Crippen molar-refractivity contribution in [2.45, 2.75) is 64.3 Å². The van der Waals surface area contributed by atoms with Crippen molar-refractivity contribution in [3.05, 3.63) is 0 Å². The molecule has 2 heterocycles. The predicted molar refractivity (Wildman–Crippen MR) is 94.0 cm³/mol. The lowest BCUT2D eigenvalue weighted by Crippen LogP contribution is -2.33. The SMILES string of the molecule is COC[C@H]1O[C@@H](C)[C@@H](C)C1OP(C)(=O)OC[C@H]1O[C@@H](C)[C@@H](C)C1OC. The molecule has 0 amide bonds. The maximum absolute atomic E-state index is 12.8. The molecule has 2 fully saturated rings. The monoisotopic (exact) mass is 380 g/mol. The minimum atomic E-state index is -3.27. The van der Waals surface area contributed by atoms with E-state index >= 15 is 0 Å². The smallest absolute Gasteiger partial charge is 0.328 e. The number of hydrogen-bond donors (Lipinski definition) is 0. The summed E-state index contributed by atoms with van der Waals surface area (Å²) in [5, 5.41) is 0. The van der Waals surface area contributed by atoms with E-state index in [4.69, 9.17) is 28.0 Å². The molecule has 25 heavy (non-hydrogen) atoms. The number of methoxy groups -OCH3 is 2. The number of hydrogen-bond acceptors (Lipinski definition) is 7. The molecule has 0 aromatic carbocycles. The topological polar surface area (TPSA) is 72.5 Å². The average molecular weight is 380 g/mol. The Hall–Kier alpha value is -0.0100. The van der Waals surface area contributed by atoms with E-state index in [2.05, 4.69) is 6.92 Å². The van der Waals surface area contributed by atoms with Gasteiger partial charge in [0.1, 0.15) is 18.3 Å². The van der Waals surface area contributed by atoms with Crippen LogP contribution in [0, 0.1) is 11.8 Å². The third-order valence-corrected chi connectivity index (χ3v) is 6.66. The van der Waals surface area contributed by atoms with Gasteiger partial charge in [0.25, 0.3) is 0 Å². The number of ether oxygens (including phenoxy) is 4. The zero-order chi connectivity index (χ0) is 18.8. The fourth-order valence-electron chi connectivity index (χ4n) is 3.59. The summed E-state index contributed by atoms with van der Waals surface area (Å²) in [6.07, 6.45) is -0.815. The summed E-state index contributed by atoms with van der Waals surface area (Å²) in [6, 6.07) is 0. The second kappa shape index (κ2) is 8.79. The van der Waals surface area contributed by atoms with Crippen LogP contribution in [0.2, 0.25) is 0 Å². The van der Waals surface area contributed by atoms with Gasteiger partial charge < -0.3 is 28.0 Å². The van der Waals surface area contributed by atoms with Crippen LogP contribution in [0.1, 0.15) is 27.7 Å². The van der Waals surface area contributed by atoms with Gasteiger partial charge in [0.2, 0.25) is 0 Å². The first-order chi connectivity index (χ1) is 11.7. The Morgan fingerprint density at radius 1 is 0.880 bits per heavy atom. The Labute approximate surface area is 151 Å². The van der Waals surface area contributed by atoms with Gasteiger partial charge in [-0.1, -0.05) is 13.8 Å². The summed E-state index contributed by atoms with van der Waals surface area (Å²) < 4.78 is 46.8. The van der Waals surface area contributed by atoms with Crippen LogP contribution in [-0.2, 0) is 32.6 Å². The summed E-state index contributed by atoms with van der Waals surface area (Å²) in [6.45, 7) is 10.2. The molecule has 7 nitrogen and oxygen atoms in total. The van der Waals surface area contributed by atoms with Crippen LogP contribution < -0.4 is 0 Å². The van der Waals surface area contributed by atoms with Gasteiger partial charge in [0, 0.05) is 32.7 Å². The molecule has 2 aliphatic rings. The first kappa shape index (κ1) is 21.3. The van der Waals surface area contributed by atoms with Crippen molar-refractivity contribution in [2.24, 2.45) is 11.8 Å². The van der Waals surface area contributed by atoms with E-state index in [0.29, 0.717) is 6.61 Å². The van der Waals surface area contributed by atoms with Gasteiger partial charge in [0.05, 0.1) is 31.5 Å². The van der Waals surface area contributed by atoms with Gasteiger partial charge in [-0.05, 0) is 13.8 Å². The highest BCUT2D eigenvalue weighted by Crippen LogP contribution is 2.49. The van der Waals surface area contributed by atoms with E-state index in [9.17, 15) is 4.57 Å². The van der Waals surface area contributed by atoms with Crippen molar-refractivity contribution in [3.63, 3.8) is 0 Å². The fraction of sp³-hybridized carbons (Fsp3) is 1.00. The molecular weight excluding hydrogens is 347 g/mol. The van der Waals surface area contributed by atoms with Gasteiger partial charge in [-0.2, -0.15) is 0 Å². The average Bonchev–Trinajstić information content (AvgIpc) is 2.97. The molecule has 2 rings (SSSR count). The highest BCUT2D eigenvalue weighted by atomic mass is 31.2. The van der Waals surface area contributed by atoms with Crippen LogP contribution >= 0.6 is 7.60 Å². The summed E-state index contributed by atoms with van der Waals surface area (Å²) in [7, 11) is 0.00380. The quantitative estimate of drug-likeness (QED) is 0.600. The normalized spacial score (nSPS) is 44.1. The first-order valence-electron chi connectivity index (χ1n) is 8.93. The molecule has 0 aromatic rings. The van der Waals surface area contributed by atoms with Crippen molar-refractivity contribution >= 4 is 7.60 Å². The maximum atomic E-state index is 12.8. The Kier molecular flexibility index (Phi) is 7.48. The van der Waals surface area contributed by atoms with E-state index in [0.717, 1.165) is 0 Å². The summed E-state index contributed by atoms with van der Waals surface area (Å²) in [5.74, 6) is 0.359. The largest absolute Gasteiger partial charge is 0.382 e. The minimum absolute atomic E-state index is 0.0166. The summed E-state index contributed by atoms with van der Waals surface area (Å²) in [4.78, 5) is 0. The van der Waals surface area contributed by atoms with Crippen molar-refractivity contribution in [1.82, 2.24) is 0 Å². The van der Waals surface area contributed by atoms with Crippen LogP contribution in [0.4, 0.5) is 0 Å². The zero-order valence-electron chi connectivity index (χ0n) is 16.3. The molecule has 0 N–H and O–H groups in total. The molecule has 2 aliphatic heterocycles. The lowest BCUT2D eigenvalue weighted by atomic mass is 9.99. The highest BCUT2D eigenvalue weighted by Gasteiger charge is 2.45. The van der Waals surface area contributed by atoms with Crippen molar-refractivity contribution in [3.8, 4) is 0 Å². The van der Waals surface area contributed by atoms with Crippen LogP contribution in [0.3, 0.4) is 0 Å². The number of rotatable bonds is 8. The Morgan fingerprint density at radius 2 is 1.40 bits per heavy atom. The Morgan fingerprint density at radius 3 is 1.92 bits per heavy atom. The second-order valence-corrected chi connectivity index (χ2v) is 9.28. The highest BCUT2D eigenvalue weighted by molar-refractivity contribution is 7.53. The molecular formula is C17H33O7P. The van der Waals surface area contributed by atoms with Crippen LogP contribution in [0.25, 0.3) is 0 Å². The third kappa shape index (κ3) is 5.04. The van der Waals surface area contributed by atoms with Gasteiger partial charge >= 0.3 is 7.60 Å². The maximum Gasteiger partial charge on any atom is 0.328 e. The van der Waals surface area contributed by atoms with Gasteiger partial charge in [-0.25, -0.2) is 0 Å². The minimum Gasteiger partial charge on any atom is -0.382 e. The summed E-state index contributed by atoms with van der Waals surface area (Å²) in [5.41, 5.74) is 0. The molecule has 0 aromatic heterocycles. The van der Waals surface area contributed by atoms with Crippen LogP contribution in [0.5, 0.6) is 0 Å². The first-order valence-corrected chi connectivity index (χ1v) is 10.9. The second-order valence-electron chi connectivity index (χ2n) is 7.27. The van der Waals surface area contributed by atoms with E-state index < -0.39 is 7.60 Å². The van der Waals surface area contributed by atoms with E-state index in [1.165, 1.54) is 6.66 Å². The molecule has 0 bridgehead atoms. The van der Waals surface area contributed by atoms with Gasteiger partial charge in [-0.3, -0.25) is 4.57 Å². The lowest BCUT2D eigenvalue weighted by Gasteiger charge is -2.26. The van der Waals surface area contributed by atoms with E-state index in [1.807, 2.05) is 20.8 Å².